The van der Waals surface area contributed by atoms with Crippen LogP contribution in [0.1, 0.15) is 0 Å². The first-order chi connectivity index (χ1) is 28.2. The van der Waals surface area contributed by atoms with Crippen LogP contribution in [-0.4, -0.2) is 0 Å². The lowest BCUT2D eigenvalue weighted by Crippen LogP contribution is -2.11. The first-order valence-electron chi connectivity index (χ1n) is 19.3. The van der Waals surface area contributed by atoms with E-state index in [1.807, 2.05) is 17.4 Å². The van der Waals surface area contributed by atoms with Crippen LogP contribution in [0.5, 0.6) is 0 Å². The second-order valence-corrected chi connectivity index (χ2v) is 15.6. The van der Waals surface area contributed by atoms with Gasteiger partial charge in [0.2, 0.25) is 0 Å². The van der Waals surface area contributed by atoms with Gasteiger partial charge in [0.1, 0.15) is 11.2 Å². The van der Waals surface area contributed by atoms with Crippen LogP contribution < -0.4 is 4.90 Å². The third-order valence-corrected chi connectivity index (χ3v) is 12.3. The van der Waals surface area contributed by atoms with Crippen molar-refractivity contribution in [2.45, 2.75) is 0 Å². The predicted octanol–water partition coefficient (Wildman–Crippen LogP) is 16.1. The van der Waals surface area contributed by atoms with E-state index in [0.29, 0.717) is 0 Å². The number of rotatable bonds is 7. The Morgan fingerprint density at radius 2 is 0.860 bits per heavy atom. The molecule has 0 unspecified atom stereocenters. The summed E-state index contributed by atoms with van der Waals surface area (Å²) in [5, 5.41) is 4.88. The summed E-state index contributed by atoms with van der Waals surface area (Å²) in [7, 11) is 0. The number of furan rings is 1. The van der Waals surface area contributed by atoms with Crippen LogP contribution in [0.2, 0.25) is 0 Å². The molecule has 0 saturated carbocycles. The lowest BCUT2D eigenvalue weighted by Gasteiger charge is -2.28. The van der Waals surface area contributed by atoms with Crippen LogP contribution >= 0.6 is 11.3 Å². The lowest BCUT2D eigenvalue weighted by atomic mass is 9.99. The molecule has 0 fully saturated rings. The third-order valence-electron chi connectivity index (χ3n) is 11.1. The Bertz CT molecular complexity index is 3210. The molecule has 57 heavy (non-hydrogen) atoms. The average Bonchev–Trinajstić information content (AvgIpc) is 3.86. The van der Waals surface area contributed by atoms with Gasteiger partial charge >= 0.3 is 0 Å². The van der Waals surface area contributed by atoms with E-state index < -0.39 is 0 Å². The quantitative estimate of drug-likeness (QED) is 0.162. The summed E-state index contributed by atoms with van der Waals surface area (Å²) < 4.78 is 9.13. The molecule has 0 aliphatic carbocycles. The van der Waals surface area contributed by atoms with Gasteiger partial charge in [0.25, 0.3) is 0 Å². The molecule has 0 atom stereocenters. The Hall–Kier alpha value is -7.20. The second kappa shape index (κ2) is 13.8. The van der Waals surface area contributed by atoms with Crippen LogP contribution in [0, 0.1) is 0 Å². The summed E-state index contributed by atoms with van der Waals surface area (Å²) in [5.74, 6) is 0. The normalized spacial score (nSPS) is 11.5. The van der Waals surface area contributed by atoms with Gasteiger partial charge in [-0.15, -0.1) is 11.3 Å². The minimum atomic E-state index is 0.893. The molecule has 9 aromatic carbocycles. The van der Waals surface area contributed by atoms with Crippen molar-refractivity contribution < 1.29 is 4.42 Å². The van der Waals surface area contributed by atoms with E-state index in [1.54, 1.807) is 0 Å². The zero-order chi connectivity index (χ0) is 37.7. The van der Waals surface area contributed by atoms with E-state index in [4.69, 9.17) is 4.42 Å². The van der Waals surface area contributed by atoms with E-state index in [1.165, 1.54) is 42.4 Å². The van der Waals surface area contributed by atoms with Crippen LogP contribution in [0.3, 0.4) is 0 Å². The second-order valence-electron chi connectivity index (χ2n) is 14.5. The summed E-state index contributed by atoms with van der Waals surface area (Å²) in [5.41, 5.74) is 14.4. The van der Waals surface area contributed by atoms with Crippen molar-refractivity contribution in [2.75, 3.05) is 4.90 Å². The maximum absolute atomic E-state index is 6.49. The average molecular weight is 746 g/mol. The van der Waals surface area contributed by atoms with E-state index >= 15 is 0 Å². The van der Waals surface area contributed by atoms with Crippen molar-refractivity contribution in [3.8, 4) is 44.5 Å². The minimum Gasteiger partial charge on any atom is -0.455 e. The number of hydrogen-bond donors (Lipinski definition) is 0. The van der Waals surface area contributed by atoms with E-state index in [-0.39, 0.29) is 0 Å². The fourth-order valence-electron chi connectivity index (χ4n) is 8.29. The highest BCUT2D eigenvalue weighted by Crippen LogP contribution is 2.43. The maximum Gasteiger partial charge on any atom is 0.143 e. The number of para-hydroxylation sites is 2. The number of anilines is 3. The Balaban J connectivity index is 0.986. The van der Waals surface area contributed by atoms with Crippen molar-refractivity contribution in [3.63, 3.8) is 0 Å². The molecule has 2 aromatic heterocycles. The van der Waals surface area contributed by atoms with Gasteiger partial charge in [0.15, 0.2) is 0 Å². The van der Waals surface area contributed by atoms with Crippen LogP contribution in [0.4, 0.5) is 17.1 Å². The van der Waals surface area contributed by atoms with Crippen molar-refractivity contribution in [3.05, 3.63) is 212 Å². The molecule has 268 valence electrons. The number of nitrogens with zero attached hydrogens (tertiary/aromatic N) is 1. The smallest absolute Gasteiger partial charge is 0.143 e. The number of fused-ring (bicyclic) bond motifs is 6. The molecule has 2 heterocycles. The molecule has 2 nitrogen and oxygen atoms in total. The summed E-state index contributed by atoms with van der Waals surface area (Å²) in [6, 6.07) is 76.3. The van der Waals surface area contributed by atoms with Crippen molar-refractivity contribution in [1.82, 2.24) is 0 Å². The van der Waals surface area contributed by atoms with Gasteiger partial charge < -0.3 is 9.32 Å². The van der Waals surface area contributed by atoms with E-state index in [0.717, 1.165) is 61.3 Å². The molecule has 0 aliphatic rings. The molecule has 3 heteroatoms. The molecule has 0 N–H and O–H groups in total. The molecular weight excluding hydrogens is 711 g/mol. The van der Waals surface area contributed by atoms with Gasteiger partial charge in [0.05, 0.1) is 5.69 Å². The van der Waals surface area contributed by atoms with Crippen molar-refractivity contribution in [2.24, 2.45) is 0 Å². The molecule has 11 aromatic rings. The Morgan fingerprint density at radius 3 is 1.58 bits per heavy atom. The molecule has 0 spiro atoms. The minimum absolute atomic E-state index is 0.893. The standard InChI is InChI=1S/C54H35NOS/c1-3-12-38(13-4-1)44-16-7-9-20-50(44)55(43-30-24-37(25-31-43)41-27-33-53-49(35-41)46-17-8-10-21-52(46)57-53)42-28-22-36(23-29-42)40-26-32-51-48(34-40)47-19-11-18-45(54(47)56-51)39-14-5-2-6-15-39/h1-35H. The highest BCUT2D eigenvalue weighted by Gasteiger charge is 2.18. The van der Waals surface area contributed by atoms with Gasteiger partial charge in [-0.3, -0.25) is 0 Å². The fraction of sp³-hybridized carbons (Fsp3) is 0. The van der Waals surface area contributed by atoms with Crippen LogP contribution in [0.25, 0.3) is 86.6 Å². The third kappa shape index (κ3) is 5.88. The van der Waals surface area contributed by atoms with Gasteiger partial charge in [-0.2, -0.15) is 0 Å². The zero-order valence-corrected chi connectivity index (χ0v) is 31.8. The molecule has 0 amide bonds. The van der Waals surface area contributed by atoms with Gasteiger partial charge in [-0.25, -0.2) is 0 Å². The van der Waals surface area contributed by atoms with Crippen molar-refractivity contribution >= 4 is 70.5 Å². The summed E-state index contributed by atoms with van der Waals surface area (Å²) in [6.45, 7) is 0. The first-order valence-corrected chi connectivity index (χ1v) is 20.1. The summed E-state index contributed by atoms with van der Waals surface area (Å²) in [6.07, 6.45) is 0. The van der Waals surface area contributed by atoms with E-state index in [9.17, 15) is 0 Å². The first kappa shape index (κ1) is 33.2. The zero-order valence-electron chi connectivity index (χ0n) is 31.0. The van der Waals surface area contributed by atoms with Gasteiger partial charge in [-0.05, 0) is 94.0 Å². The monoisotopic (exact) mass is 745 g/mol. The van der Waals surface area contributed by atoms with Crippen LogP contribution in [0.15, 0.2) is 217 Å². The predicted molar refractivity (Wildman–Crippen MR) is 243 cm³/mol. The molecular formula is C54H35NOS. The highest BCUT2D eigenvalue weighted by molar-refractivity contribution is 7.25. The number of hydrogen-bond acceptors (Lipinski definition) is 3. The van der Waals surface area contributed by atoms with Crippen LogP contribution in [-0.2, 0) is 0 Å². The number of thiophene rings is 1. The Labute approximate surface area is 335 Å². The van der Waals surface area contributed by atoms with Crippen molar-refractivity contribution in [1.29, 1.82) is 0 Å². The molecule has 0 saturated heterocycles. The van der Waals surface area contributed by atoms with Gasteiger partial charge in [-0.1, -0.05) is 152 Å². The Kier molecular flexibility index (Phi) is 8.04. The highest BCUT2D eigenvalue weighted by atomic mass is 32.1. The lowest BCUT2D eigenvalue weighted by molar-refractivity contribution is 0.670. The van der Waals surface area contributed by atoms with E-state index in [2.05, 4.69) is 211 Å². The molecule has 0 aliphatic heterocycles. The number of benzene rings is 9. The Morgan fingerprint density at radius 1 is 0.333 bits per heavy atom. The molecule has 11 rings (SSSR count). The molecule has 0 bridgehead atoms. The maximum atomic E-state index is 6.49. The summed E-state index contributed by atoms with van der Waals surface area (Å²) in [4.78, 5) is 2.38. The molecule has 0 radical (unpaired) electrons. The fourth-order valence-corrected chi connectivity index (χ4v) is 9.38. The topological polar surface area (TPSA) is 16.4 Å². The SMILES string of the molecule is c1ccc(-c2ccccc2N(c2ccc(-c3ccc4oc5c(-c6ccccc6)cccc5c4c3)cc2)c2ccc(-c3ccc4sc5ccccc5c4c3)cc2)cc1. The van der Waals surface area contributed by atoms with Gasteiger partial charge in [0, 0.05) is 53.4 Å². The largest absolute Gasteiger partial charge is 0.455 e. The summed E-state index contributed by atoms with van der Waals surface area (Å²) >= 11 is 1.86.